The zero-order valence-electron chi connectivity index (χ0n) is 49.0. The van der Waals surface area contributed by atoms with Crippen molar-refractivity contribution in [3.8, 4) is 90.3 Å². The Morgan fingerprint density at radius 1 is 0.303 bits per heavy atom. The number of hydrogen-bond acceptors (Lipinski definition) is 8. The van der Waals surface area contributed by atoms with E-state index in [1.54, 1.807) is 82.0 Å². The maximum Gasteiger partial charge on any atom is 0.335 e. The molecule has 0 aliphatic rings. The van der Waals surface area contributed by atoms with Gasteiger partial charge in [0, 0.05) is 84.5 Å². The van der Waals surface area contributed by atoms with Crippen molar-refractivity contribution in [3.05, 3.63) is 290 Å². The second-order valence-electron chi connectivity index (χ2n) is 19.8. The summed E-state index contributed by atoms with van der Waals surface area (Å²) in [7, 11) is 4.92. The third kappa shape index (κ3) is 16.0. The average Bonchev–Trinajstić information content (AvgIpc) is 4.58. The second-order valence-corrected chi connectivity index (χ2v) is 19.8. The van der Waals surface area contributed by atoms with Crippen LogP contribution in [0.4, 0.5) is 0 Å². The predicted octanol–water partition coefficient (Wildman–Crippen LogP) is 15.8. The number of aromatic carboxylic acids is 4. The van der Waals surface area contributed by atoms with Gasteiger partial charge in [-0.1, -0.05) is 60.7 Å². The molecule has 0 spiro atoms. The normalized spacial score (nSPS) is 10.4. The Kier molecular flexibility index (Phi) is 20.2. The van der Waals surface area contributed by atoms with Crippen LogP contribution in [0.1, 0.15) is 48.4 Å². The monoisotopic (exact) mass is 1190 g/mol. The van der Waals surface area contributed by atoms with E-state index < -0.39 is 23.9 Å². The molecule has 0 saturated carbocycles. The van der Waals surface area contributed by atoms with E-state index >= 15 is 0 Å². The molecule has 0 bridgehead atoms. The summed E-state index contributed by atoms with van der Waals surface area (Å²) in [4.78, 5) is 43.9. The molecule has 0 radical (unpaired) electrons. The fraction of sp³-hybridized carbons (Fsp3) is 0.0685. The number of carboxylic acid groups (broad SMARTS) is 4. The highest BCUT2D eigenvalue weighted by atomic mass is 16.5. The van der Waals surface area contributed by atoms with E-state index in [2.05, 4.69) is 0 Å². The third-order valence-corrected chi connectivity index (χ3v) is 14.1. The largest absolute Gasteiger partial charge is 0.497 e. The summed E-state index contributed by atoms with van der Waals surface area (Å²) >= 11 is 0. The first-order valence-electron chi connectivity index (χ1n) is 27.9. The number of carboxylic acids is 4. The number of nitrogens with zero attached hydrogens (tertiary/aromatic N) is 4. The number of ether oxygens (including phenoxy) is 4. The van der Waals surface area contributed by atoms with Gasteiger partial charge in [-0.25, -0.2) is 19.2 Å². The van der Waals surface area contributed by atoms with Crippen LogP contribution in [-0.4, -0.2) is 90.5 Å². The van der Waals surface area contributed by atoms with Gasteiger partial charge in [-0.2, -0.15) is 0 Å². The van der Waals surface area contributed by atoms with E-state index in [1.165, 1.54) is 0 Å². The van der Waals surface area contributed by atoms with Gasteiger partial charge < -0.3 is 57.6 Å². The van der Waals surface area contributed by atoms with Crippen LogP contribution in [0.5, 0.6) is 23.0 Å². The Hall–Kier alpha value is -12.0. The molecular formula is C73H62N4O12. The van der Waals surface area contributed by atoms with Crippen LogP contribution >= 0.6 is 0 Å². The lowest BCUT2D eigenvalue weighted by Crippen LogP contribution is -1.95. The van der Waals surface area contributed by atoms with Crippen LogP contribution in [0.15, 0.2) is 268 Å². The summed E-state index contributed by atoms with van der Waals surface area (Å²) < 4.78 is 29.1. The molecule has 12 aromatic rings. The van der Waals surface area contributed by atoms with Gasteiger partial charge in [0.2, 0.25) is 0 Å². The number of methoxy groups -OCH3 is 3. The molecule has 4 N–H and O–H groups in total. The van der Waals surface area contributed by atoms with Crippen molar-refractivity contribution in [3.63, 3.8) is 0 Å². The van der Waals surface area contributed by atoms with Crippen molar-refractivity contribution >= 4 is 23.9 Å². The molecule has 0 aliphatic heterocycles. The lowest BCUT2D eigenvalue weighted by Gasteiger charge is -2.06. The van der Waals surface area contributed by atoms with E-state index in [0.717, 1.165) is 90.3 Å². The molecule has 8 aromatic carbocycles. The van der Waals surface area contributed by atoms with Crippen molar-refractivity contribution in [1.82, 2.24) is 18.3 Å². The van der Waals surface area contributed by atoms with Crippen molar-refractivity contribution in [2.75, 3.05) is 27.9 Å². The van der Waals surface area contributed by atoms with E-state index in [1.807, 2.05) is 232 Å². The van der Waals surface area contributed by atoms with Crippen LogP contribution in [0.3, 0.4) is 0 Å². The summed E-state index contributed by atoms with van der Waals surface area (Å²) in [6.07, 6.45) is 15.8. The summed E-state index contributed by atoms with van der Waals surface area (Å²) in [5.41, 5.74) is 12.9. The van der Waals surface area contributed by atoms with Crippen LogP contribution in [0.25, 0.3) is 67.3 Å². The fourth-order valence-corrected chi connectivity index (χ4v) is 9.36. The maximum absolute atomic E-state index is 11.1. The average molecular weight is 1190 g/mol. The van der Waals surface area contributed by atoms with Crippen LogP contribution in [0.2, 0.25) is 0 Å². The molecule has 0 unspecified atom stereocenters. The molecule has 4 heterocycles. The van der Waals surface area contributed by atoms with Gasteiger partial charge in [-0.15, -0.1) is 0 Å². The summed E-state index contributed by atoms with van der Waals surface area (Å²) in [6, 6.07) is 66.7. The second kappa shape index (κ2) is 29.2. The van der Waals surface area contributed by atoms with Crippen LogP contribution < -0.4 is 18.9 Å². The topological polar surface area (TPSA) is 206 Å². The molecule has 16 nitrogen and oxygen atoms in total. The minimum absolute atomic E-state index is 0.284. The molecule has 89 heavy (non-hydrogen) atoms. The van der Waals surface area contributed by atoms with Gasteiger partial charge in [0.15, 0.2) is 0 Å². The van der Waals surface area contributed by atoms with Crippen molar-refractivity contribution in [1.29, 1.82) is 0 Å². The molecule has 446 valence electrons. The summed E-state index contributed by atoms with van der Waals surface area (Å²) in [5, 5.41) is 36.0. The molecule has 12 rings (SSSR count). The van der Waals surface area contributed by atoms with Gasteiger partial charge >= 0.3 is 23.9 Å². The Bertz CT molecular complexity index is 4350. The summed E-state index contributed by atoms with van der Waals surface area (Å²) in [6.45, 7) is 2.61. The van der Waals surface area contributed by atoms with Crippen molar-refractivity contribution < 1.29 is 58.6 Å². The highest BCUT2D eigenvalue weighted by Crippen LogP contribution is 2.29. The van der Waals surface area contributed by atoms with Gasteiger partial charge in [0.1, 0.15) is 23.0 Å². The summed E-state index contributed by atoms with van der Waals surface area (Å²) in [5.74, 6) is -0.410. The maximum atomic E-state index is 11.1. The minimum atomic E-state index is -0.922. The third-order valence-electron chi connectivity index (χ3n) is 14.1. The number of hydrogen-bond donors (Lipinski definition) is 4. The number of carbonyl (C=O) groups is 4. The quantitative estimate of drug-likeness (QED) is 0.0672. The fourth-order valence-electron chi connectivity index (χ4n) is 9.36. The Labute approximate surface area is 513 Å². The van der Waals surface area contributed by atoms with Gasteiger partial charge in [0.25, 0.3) is 0 Å². The Balaban J connectivity index is 0.000000141. The smallest absolute Gasteiger partial charge is 0.335 e. The van der Waals surface area contributed by atoms with Crippen molar-refractivity contribution in [2.24, 2.45) is 0 Å². The molecule has 0 saturated heterocycles. The molecule has 0 amide bonds. The van der Waals surface area contributed by atoms with E-state index in [9.17, 15) is 19.2 Å². The molecular weight excluding hydrogens is 1120 g/mol. The van der Waals surface area contributed by atoms with Crippen molar-refractivity contribution in [2.45, 2.75) is 6.92 Å². The van der Waals surface area contributed by atoms with Crippen LogP contribution in [0, 0.1) is 0 Å². The van der Waals surface area contributed by atoms with E-state index in [4.69, 9.17) is 39.4 Å². The first kappa shape index (κ1) is 61.5. The molecule has 4 aromatic heterocycles. The number of rotatable bonds is 17. The first-order valence-corrected chi connectivity index (χ1v) is 27.9. The molecule has 0 fully saturated rings. The zero-order chi connectivity index (χ0) is 62.8. The highest BCUT2D eigenvalue weighted by Gasteiger charge is 2.11. The molecule has 16 heteroatoms. The first-order chi connectivity index (χ1) is 43.2. The predicted molar refractivity (Wildman–Crippen MR) is 343 cm³/mol. The highest BCUT2D eigenvalue weighted by molar-refractivity contribution is 5.91. The zero-order valence-corrected chi connectivity index (χ0v) is 49.0. The Morgan fingerprint density at radius 2 is 0.629 bits per heavy atom. The van der Waals surface area contributed by atoms with Gasteiger partial charge in [-0.05, 0) is 197 Å². The van der Waals surface area contributed by atoms with E-state index in [-0.39, 0.29) is 16.7 Å². The molecule has 0 aliphatic carbocycles. The lowest BCUT2D eigenvalue weighted by molar-refractivity contribution is 0.0686. The molecule has 0 atom stereocenters. The number of aromatic nitrogens is 4. The Morgan fingerprint density at radius 3 is 0.966 bits per heavy atom. The van der Waals surface area contributed by atoms with Gasteiger partial charge in [-0.3, -0.25) is 0 Å². The van der Waals surface area contributed by atoms with E-state index in [0.29, 0.717) is 12.2 Å². The van der Waals surface area contributed by atoms with Gasteiger partial charge in [0.05, 0.1) is 50.2 Å². The standard InChI is InChI=1S/C19H17NO3.3C18H15NO3/c1-2-23-18-9-7-17(8-10-18)20-12-11-16(13-20)14-3-5-15(6-4-14)19(21)22;1-22-17-7-3-6-16(11-17)19-9-8-15(12-19)13-4-2-5-14(10-13)18(20)21;1-22-17-4-2-3-16(11-17)19-10-9-15(12-19)13-5-7-14(8-6-13)18(20)21;1-22-17-7-5-16(6-8-17)19-10-9-15(12-19)13-3-2-4-14(11-13)18(20)21/h3-13H,2H2,1H3,(H,21,22);3*2-12H,1H3,(H,20,21). The minimum Gasteiger partial charge on any atom is -0.497 e. The van der Waals surface area contributed by atoms with Crippen LogP contribution in [-0.2, 0) is 0 Å². The number of benzene rings is 8. The SMILES string of the molecule is CCOc1ccc(-n2ccc(-c3ccc(C(=O)O)cc3)c2)cc1.COc1ccc(-n2ccc(-c3cccc(C(=O)O)c3)c2)cc1.COc1cccc(-n2ccc(-c3ccc(C(=O)O)cc3)c2)c1.COc1cccc(-n2ccc(-c3cccc(C(=O)O)c3)c2)c1. The lowest BCUT2D eigenvalue weighted by atomic mass is 10.1.